The first-order chi connectivity index (χ1) is 21.9. The second-order valence-corrected chi connectivity index (χ2v) is 14.2. The third kappa shape index (κ3) is 8.44. The molecule has 1 fully saturated rings. The standard InChI is InChI=1S/C35H42FN5O4S/c1-21-38-31(20-46-21)33(44)40-26-11-9-25(10-12-26)39-32(43)30-17-24(36)18-37-34(30)45-28-8-6-7-22(16-28)29-14-13-27(42)15-23(29)19-41(5)35(2,3)4/h6-8,13-18,25-26,31,42H,9-12,19-20H2,1-5H3,(H,39,43)(H,40,44)/t25-,26+,31?. The van der Waals surface area contributed by atoms with Gasteiger partial charge in [0.2, 0.25) is 11.8 Å². The molecule has 1 unspecified atom stereocenters. The lowest BCUT2D eigenvalue weighted by molar-refractivity contribution is -0.122. The van der Waals surface area contributed by atoms with Gasteiger partial charge in [0.25, 0.3) is 5.91 Å². The Morgan fingerprint density at radius 1 is 1.07 bits per heavy atom. The number of aliphatic imine (C=N–C) groups is 1. The van der Waals surface area contributed by atoms with E-state index < -0.39 is 11.7 Å². The van der Waals surface area contributed by atoms with Gasteiger partial charge in [-0.2, -0.15) is 0 Å². The average molecular weight is 648 g/mol. The minimum atomic E-state index is -0.641. The molecule has 0 bridgehead atoms. The molecule has 11 heteroatoms. The van der Waals surface area contributed by atoms with Crippen LogP contribution >= 0.6 is 11.8 Å². The van der Waals surface area contributed by atoms with E-state index in [1.165, 1.54) is 0 Å². The van der Waals surface area contributed by atoms with E-state index >= 15 is 0 Å². The van der Waals surface area contributed by atoms with Crippen molar-refractivity contribution in [2.45, 2.75) is 83.6 Å². The van der Waals surface area contributed by atoms with Crippen molar-refractivity contribution < 1.29 is 23.8 Å². The number of nitrogens with one attached hydrogen (secondary N) is 2. The Hall–Kier alpha value is -3.96. The number of aromatic hydroxyl groups is 1. The summed E-state index contributed by atoms with van der Waals surface area (Å²) < 4.78 is 20.4. The van der Waals surface area contributed by atoms with Crippen LogP contribution in [0, 0.1) is 5.82 Å². The SMILES string of the molecule is CC1=NC(C(=O)N[C@H]2CC[C@@H](NC(=O)c3cc(F)cnc3Oc3cccc(-c4ccc(O)cc4CN(C)C(C)(C)C)c3)CC2)CS1. The molecule has 1 aliphatic carbocycles. The summed E-state index contributed by atoms with van der Waals surface area (Å²) in [5, 5.41) is 17.3. The summed E-state index contributed by atoms with van der Waals surface area (Å²) in [6.07, 6.45) is 3.83. The summed E-state index contributed by atoms with van der Waals surface area (Å²) in [6.45, 7) is 8.92. The van der Waals surface area contributed by atoms with Crippen molar-refractivity contribution in [1.29, 1.82) is 0 Å². The maximum atomic E-state index is 14.3. The number of hydrogen-bond acceptors (Lipinski definition) is 8. The van der Waals surface area contributed by atoms with Crippen LogP contribution in [0.2, 0.25) is 0 Å². The van der Waals surface area contributed by atoms with Crippen molar-refractivity contribution >= 4 is 28.6 Å². The molecule has 2 aromatic carbocycles. The van der Waals surface area contributed by atoms with Gasteiger partial charge in [0, 0.05) is 29.9 Å². The molecule has 9 nitrogen and oxygen atoms in total. The average Bonchev–Trinajstić information content (AvgIpc) is 3.45. The van der Waals surface area contributed by atoms with Crippen molar-refractivity contribution in [2.75, 3.05) is 12.8 Å². The molecule has 0 radical (unpaired) electrons. The molecule has 2 amide bonds. The first kappa shape index (κ1) is 33.4. The number of rotatable bonds is 9. The van der Waals surface area contributed by atoms with Crippen LogP contribution < -0.4 is 15.4 Å². The van der Waals surface area contributed by atoms with Crippen LogP contribution in [0.1, 0.15) is 69.3 Å². The summed E-state index contributed by atoms with van der Waals surface area (Å²) in [7, 11) is 2.04. The molecule has 3 aromatic rings. The van der Waals surface area contributed by atoms with Gasteiger partial charge < -0.3 is 20.5 Å². The van der Waals surface area contributed by atoms with Crippen LogP contribution in [0.25, 0.3) is 11.1 Å². The predicted molar refractivity (Wildman–Crippen MR) is 180 cm³/mol. The quantitative estimate of drug-likeness (QED) is 0.249. The number of thioether (sulfide) groups is 1. The van der Waals surface area contributed by atoms with Crippen molar-refractivity contribution in [2.24, 2.45) is 4.99 Å². The number of ether oxygens (including phenoxy) is 1. The molecule has 2 heterocycles. The van der Waals surface area contributed by atoms with Crippen LogP contribution in [0.3, 0.4) is 0 Å². The molecule has 3 N–H and O–H groups in total. The van der Waals surface area contributed by atoms with Gasteiger partial charge in [-0.25, -0.2) is 9.37 Å². The highest BCUT2D eigenvalue weighted by Gasteiger charge is 2.29. The van der Waals surface area contributed by atoms with Crippen LogP contribution in [0.4, 0.5) is 4.39 Å². The molecule has 0 spiro atoms. The molecule has 46 heavy (non-hydrogen) atoms. The molecular formula is C35H42FN5O4S. The lowest BCUT2D eigenvalue weighted by Crippen LogP contribution is -2.46. The number of aromatic nitrogens is 1. The molecule has 244 valence electrons. The summed E-state index contributed by atoms with van der Waals surface area (Å²) in [6, 6.07) is 13.4. The topological polar surface area (TPSA) is 116 Å². The van der Waals surface area contributed by atoms with E-state index in [1.54, 1.807) is 30.0 Å². The van der Waals surface area contributed by atoms with Gasteiger partial charge in [0.1, 0.15) is 28.9 Å². The third-order valence-corrected chi connectivity index (χ3v) is 9.57. The lowest BCUT2D eigenvalue weighted by Gasteiger charge is -2.32. The van der Waals surface area contributed by atoms with E-state index in [2.05, 4.69) is 46.3 Å². The normalized spacial score (nSPS) is 19.9. The minimum Gasteiger partial charge on any atom is -0.508 e. The number of carbonyl (C=O) groups excluding carboxylic acids is 2. The largest absolute Gasteiger partial charge is 0.508 e. The van der Waals surface area contributed by atoms with Crippen LogP contribution in [0.15, 0.2) is 59.7 Å². The van der Waals surface area contributed by atoms with Crippen molar-refractivity contribution in [3.05, 3.63) is 71.7 Å². The van der Waals surface area contributed by atoms with Crippen LogP contribution in [-0.2, 0) is 11.3 Å². The fraction of sp³-hybridized carbons (Fsp3) is 0.429. The number of amides is 2. The fourth-order valence-electron chi connectivity index (χ4n) is 5.57. The van der Waals surface area contributed by atoms with Gasteiger partial charge >= 0.3 is 0 Å². The van der Waals surface area contributed by atoms with Crippen LogP contribution in [-0.4, -0.2) is 68.3 Å². The summed E-state index contributed by atoms with van der Waals surface area (Å²) in [4.78, 5) is 36.6. The molecule has 1 aliphatic heterocycles. The molecular weight excluding hydrogens is 605 g/mol. The molecule has 0 saturated heterocycles. The highest BCUT2D eigenvalue weighted by atomic mass is 32.2. The summed E-state index contributed by atoms with van der Waals surface area (Å²) >= 11 is 1.60. The zero-order valence-electron chi connectivity index (χ0n) is 27.0. The Labute approximate surface area is 274 Å². The van der Waals surface area contributed by atoms with E-state index in [4.69, 9.17) is 4.74 Å². The smallest absolute Gasteiger partial charge is 0.257 e. The Kier molecular flexibility index (Phi) is 10.3. The fourth-order valence-corrected chi connectivity index (χ4v) is 6.39. The van der Waals surface area contributed by atoms with Crippen molar-refractivity contribution in [3.63, 3.8) is 0 Å². The zero-order valence-corrected chi connectivity index (χ0v) is 27.8. The number of halogens is 1. The number of phenolic OH excluding ortho intramolecular Hbond substituents is 1. The van der Waals surface area contributed by atoms with Crippen molar-refractivity contribution in [3.8, 4) is 28.5 Å². The Bertz CT molecular complexity index is 1620. The van der Waals surface area contributed by atoms with Gasteiger partial charge in [-0.15, -0.1) is 11.8 Å². The van der Waals surface area contributed by atoms with Gasteiger partial charge in [-0.05, 0) is 107 Å². The Morgan fingerprint density at radius 3 is 2.46 bits per heavy atom. The molecule has 1 atom stereocenters. The first-order valence-electron chi connectivity index (χ1n) is 15.6. The highest BCUT2D eigenvalue weighted by molar-refractivity contribution is 8.14. The third-order valence-electron chi connectivity index (χ3n) is 8.56. The number of nitrogens with zero attached hydrogens (tertiary/aromatic N) is 3. The lowest BCUT2D eigenvalue weighted by atomic mass is 9.90. The van der Waals surface area contributed by atoms with E-state index in [1.807, 2.05) is 38.2 Å². The van der Waals surface area contributed by atoms with E-state index in [-0.39, 0.29) is 46.8 Å². The van der Waals surface area contributed by atoms with Gasteiger partial charge in [-0.1, -0.05) is 18.2 Å². The number of hydrogen-bond donors (Lipinski definition) is 3. The van der Waals surface area contributed by atoms with Crippen LogP contribution in [0.5, 0.6) is 17.4 Å². The summed E-state index contributed by atoms with van der Waals surface area (Å²) in [5.41, 5.74) is 2.67. The molecule has 1 saturated carbocycles. The second-order valence-electron chi connectivity index (χ2n) is 13.0. The maximum Gasteiger partial charge on any atom is 0.257 e. The van der Waals surface area contributed by atoms with E-state index in [0.29, 0.717) is 30.9 Å². The maximum absolute atomic E-state index is 14.3. The number of carbonyl (C=O) groups is 2. The Balaban J connectivity index is 1.26. The van der Waals surface area contributed by atoms with E-state index in [0.717, 1.165) is 46.8 Å². The molecule has 2 aliphatic rings. The summed E-state index contributed by atoms with van der Waals surface area (Å²) in [5.74, 6) is 0.137. The molecule has 5 rings (SSSR count). The van der Waals surface area contributed by atoms with Gasteiger partial charge in [-0.3, -0.25) is 19.5 Å². The zero-order chi connectivity index (χ0) is 33.0. The second kappa shape index (κ2) is 14.2. The highest BCUT2D eigenvalue weighted by Crippen LogP contribution is 2.33. The first-order valence-corrected chi connectivity index (χ1v) is 16.6. The number of pyridine rings is 1. The predicted octanol–water partition coefficient (Wildman–Crippen LogP) is 6.31. The Morgan fingerprint density at radius 2 is 1.78 bits per heavy atom. The number of benzene rings is 2. The minimum absolute atomic E-state index is 0.000626. The number of phenols is 1. The monoisotopic (exact) mass is 647 g/mol. The van der Waals surface area contributed by atoms with Crippen molar-refractivity contribution in [1.82, 2.24) is 20.5 Å². The molecule has 1 aromatic heterocycles. The van der Waals surface area contributed by atoms with E-state index in [9.17, 15) is 19.1 Å². The van der Waals surface area contributed by atoms with Gasteiger partial charge in [0.05, 0.1) is 11.2 Å². The van der Waals surface area contributed by atoms with Gasteiger partial charge in [0.15, 0.2) is 0 Å².